The molecule has 2 aromatic carbocycles. The van der Waals surface area contributed by atoms with Gasteiger partial charge in [-0.2, -0.15) is 0 Å². The highest BCUT2D eigenvalue weighted by Crippen LogP contribution is 2.29. The fourth-order valence-corrected chi connectivity index (χ4v) is 2.58. The van der Waals surface area contributed by atoms with Crippen LogP contribution in [0.5, 0.6) is 11.5 Å². The number of thiocarbonyl (C=S) groups is 1. The zero-order valence-electron chi connectivity index (χ0n) is 14.1. The Hall–Kier alpha value is -2.87. The van der Waals surface area contributed by atoms with Crippen molar-refractivity contribution in [1.82, 2.24) is 5.32 Å². The summed E-state index contributed by atoms with van der Waals surface area (Å²) >= 11 is 5.31. The first-order valence-electron chi connectivity index (χ1n) is 7.48. The van der Waals surface area contributed by atoms with Crippen LogP contribution in [-0.4, -0.2) is 24.3 Å². The predicted molar refractivity (Wildman–Crippen MR) is 100 cm³/mol. The Morgan fingerprint density at radius 3 is 2.40 bits per heavy atom. The van der Waals surface area contributed by atoms with Gasteiger partial charge < -0.3 is 20.1 Å². The van der Waals surface area contributed by atoms with E-state index in [4.69, 9.17) is 21.7 Å². The topological polar surface area (TPSA) is 85.7 Å². The lowest BCUT2D eigenvalue weighted by Gasteiger charge is -2.20. The van der Waals surface area contributed by atoms with Gasteiger partial charge in [-0.3, -0.25) is 10.1 Å². The Kier molecular flexibility index (Phi) is 6.13. The minimum atomic E-state index is -0.447. The average Bonchev–Trinajstić information content (AvgIpc) is 2.61. The third-order valence-corrected chi connectivity index (χ3v) is 3.81. The maximum absolute atomic E-state index is 10.7. The van der Waals surface area contributed by atoms with Gasteiger partial charge in [-0.15, -0.1) is 0 Å². The lowest BCUT2D eigenvalue weighted by Crippen LogP contribution is -2.31. The maximum Gasteiger partial charge on any atom is 0.269 e. The Labute approximate surface area is 151 Å². The van der Waals surface area contributed by atoms with Crippen LogP contribution >= 0.6 is 12.2 Å². The van der Waals surface area contributed by atoms with E-state index in [2.05, 4.69) is 10.6 Å². The molecule has 25 heavy (non-hydrogen) atoms. The summed E-state index contributed by atoms with van der Waals surface area (Å²) in [5, 5.41) is 17.2. The highest BCUT2D eigenvalue weighted by atomic mass is 32.1. The van der Waals surface area contributed by atoms with Gasteiger partial charge in [-0.05, 0) is 49.5 Å². The molecule has 2 rings (SSSR count). The molecule has 2 aromatic rings. The van der Waals surface area contributed by atoms with E-state index < -0.39 is 4.92 Å². The van der Waals surface area contributed by atoms with Crippen LogP contribution in [0.15, 0.2) is 42.5 Å². The molecule has 2 N–H and O–H groups in total. The fourth-order valence-electron chi connectivity index (χ4n) is 2.29. The summed E-state index contributed by atoms with van der Waals surface area (Å²) in [7, 11) is 3.20. The Balaban J connectivity index is 2.06. The van der Waals surface area contributed by atoms with Gasteiger partial charge in [0, 0.05) is 23.4 Å². The molecule has 0 fully saturated rings. The van der Waals surface area contributed by atoms with Gasteiger partial charge >= 0.3 is 0 Å². The number of hydrogen-bond acceptors (Lipinski definition) is 5. The summed E-state index contributed by atoms with van der Waals surface area (Å²) in [4.78, 5) is 10.2. The van der Waals surface area contributed by atoms with E-state index in [0.29, 0.717) is 10.8 Å². The summed E-state index contributed by atoms with van der Waals surface area (Å²) in [6, 6.07) is 11.4. The van der Waals surface area contributed by atoms with Crippen molar-refractivity contribution in [1.29, 1.82) is 0 Å². The van der Waals surface area contributed by atoms with E-state index >= 15 is 0 Å². The van der Waals surface area contributed by atoms with Gasteiger partial charge in [0.05, 0.1) is 25.2 Å². The van der Waals surface area contributed by atoms with E-state index in [-0.39, 0.29) is 11.7 Å². The number of rotatable bonds is 6. The summed E-state index contributed by atoms with van der Waals surface area (Å²) in [6.45, 7) is 1.95. The molecular weight excluding hydrogens is 342 g/mol. The molecule has 0 radical (unpaired) electrons. The van der Waals surface area contributed by atoms with Crippen molar-refractivity contribution in [3.05, 3.63) is 58.1 Å². The first-order chi connectivity index (χ1) is 11.9. The molecule has 132 valence electrons. The van der Waals surface area contributed by atoms with Crippen LogP contribution < -0.4 is 20.1 Å². The lowest BCUT2D eigenvalue weighted by molar-refractivity contribution is -0.384. The van der Waals surface area contributed by atoms with Crippen LogP contribution in [0.4, 0.5) is 11.4 Å². The number of benzene rings is 2. The van der Waals surface area contributed by atoms with Gasteiger partial charge in [0.1, 0.15) is 11.5 Å². The standard InChI is InChI=1S/C17H19N3O4S/c1-11(15-10-14(23-2)8-9-16(15)24-3)18-17(25)19-12-4-6-13(7-5-12)20(21)22/h4-11H,1-3H3,(H2,18,19,25)/t11-/m0/s1. The largest absolute Gasteiger partial charge is 0.497 e. The van der Waals surface area contributed by atoms with E-state index in [1.165, 1.54) is 12.1 Å². The molecule has 0 amide bonds. The second kappa shape index (κ2) is 8.29. The maximum atomic E-state index is 10.7. The van der Waals surface area contributed by atoms with Crippen molar-refractivity contribution < 1.29 is 14.4 Å². The molecular formula is C17H19N3O4S. The molecule has 0 unspecified atom stereocenters. The molecule has 0 spiro atoms. The quantitative estimate of drug-likeness (QED) is 0.461. The minimum Gasteiger partial charge on any atom is -0.497 e. The van der Waals surface area contributed by atoms with Crippen molar-refractivity contribution >= 4 is 28.7 Å². The van der Waals surface area contributed by atoms with Gasteiger partial charge in [-0.25, -0.2) is 0 Å². The predicted octanol–water partition coefficient (Wildman–Crippen LogP) is 3.66. The summed E-state index contributed by atoms with van der Waals surface area (Å²) in [5.41, 5.74) is 1.58. The normalized spacial score (nSPS) is 11.3. The summed E-state index contributed by atoms with van der Waals surface area (Å²) in [5.74, 6) is 1.44. The average molecular weight is 361 g/mol. The number of nitrogens with one attached hydrogen (secondary N) is 2. The summed E-state index contributed by atoms with van der Waals surface area (Å²) < 4.78 is 10.6. The Morgan fingerprint density at radius 2 is 1.84 bits per heavy atom. The van der Waals surface area contributed by atoms with Crippen molar-refractivity contribution in [3.63, 3.8) is 0 Å². The third-order valence-electron chi connectivity index (χ3n) is 3.59. The van der Waals surface area contributed by atoms with Crippen LogP contribution in [0, 0.1) is 10.1 Å². The van der Waals surface area contributed by atoms with Crippen LogP contribution in [-0.2, 0) is 0 Å². The SMILES string of the molecule is COc1ccc(OC)c([C@H](C)NC(=S)Nc2ccc([N+](=O)[O-])cc2)c1. The van der Waals surface area contributed by atoms with E-state index in [0.717, 1.165) is 17.1 Å². The Morgan fingerprint density at radius 1 is 1.16 bits per heavy atom. The van der Waals surface area contributed by atoms with Gasteiger partial charge in [-0.1, -0.05) is 0 Å². The number of nitro benzene ring substituents is 1. The van der Waals surface area contributed by atoms with Crippen molar-refractivity contribution in [2.24, 2.45) is 0 Å². The number of nitrogens with zero attached hydrogens (tertiary/aromatic N) is 1. The molecule has 8 heteroatoms. The van der Waals surface area contributed by atoms with Crippen LogP contribution in [0.1, 0.15) is 18.5 Å². The zero-order valence-corrected chi connectivity index (χ0v) is 14.9. The lowest BCUT2D eigenvalue weighted by atomic mass is 10.1. The van der Waals surface area contributed by atoms with E-state index in [1.54, 1.807) is 26.4 Å². The number of ether oxygens (including phenoxy) is 2. The van der Waals surface area contributed by atoms with E-state index in [1.807, 2.05) is 25.1 Å². The highest BCUT2D eigenvalue weighted by Gasteiger charge is 2.14. The molecule has 0 aliphatic rings. The molecule has 1 atom stereocenters. The third kappa shape index (κ3) is 4.80. The number of non-ortho nitro benzene ring substituents is 1. The van der Waals surface area contributed by atoms with Gasteiger partial charge in [0.15, 0.2) is 5.11 Å². The fraction of sp³-hybridized carbons (Fsp3) is 0.235. The zero-order chi connectivity index (χ0) is 18.4. The van der Waals surface area contributed by atoms with Crippen LogP contribution in [0.3, 0.4) is 0 Å². The van der Waals surface area contributed by atoms with Gasteiger partial charge in [0.2, 0.25) is 0 Å². The van der Waals surface area contributed by atoms with Crippen molar-refractivity contribution in [2.45, 2.75) is 13.0 Å². The molecule has 0 saturated carbocycles. The monoisotopic (exact) mass is 361 g/mol. The molecule has 0 saturated heterocycles. The summed E-state index contributed by atoms with van der Waals surface area (Å²) in [6.07, 6.45) is 0. The molecule has 0 aliphatic heterocycles. The van der Waals surface area contributed by atoms with Crippen molar-refractivity contribution in [2.75, 3.05) is 19.5 Å². The molecule has 0 heterocycles. The molecule has 7 nitrogen and oxygen atoms in total. The first kappa shape index (κ1) is 18.5. The first-order valence-corrected chi connectivity index (χ1v) is 7.89. The molecule has 0 bridgehead atoms. The second-order valence-electron chi connectivity index (χ2n) is 5.23. The second-order valence-corrected chi connectivity index (χ2v) is 5.64. The smallest absolute Gasteiger partial charge is 0.269 e. The molecule has 0 aromatic heterocycles. The van der Waals surface area contributed by atoms with Crippen LogP contribution in [0.25, 0.3) is 0 Å². The number of nitro groups is 1. The minimum absolute atomic E-state index is 0.0268. The number of anilines is 1. The van der Waals surface area contributed by atoms with Crippen molar-refractivity contribution in [3.8, 4) is 11.5 Å². The number of hydrogen-bond donors (Lipinski definition) is 2. The van der Waals surface area contributed by atoms with Crippen LogP contribution in [0.2, 0.25) is 0 Å². The highest BCUT2D eigenvalue weighted by molar-refractivity contribution is 7.80. The van der Waals surface area contributed by atoms with Gasteiger partial charge in [0.25, 0.3) is 5.69 Å². The Bertz CT molecular complexity index is 765. The van der Waals surface area contributed by atoms with E-state index in [9.17, 15) is 10.1 Å². The number of methoxy groups -OCH3 is 2. The molecule has 0 aliphatic carbocycles.